The van der Waals surface area contributed by atoms with Crippen molar-refractivity contribution >= 4 is 16.0 Å². The Morgan fingerprint density at radius 3 is 2.74 bits per heavy atom. The molecule has 0 aliphatic carbocycles. The van der Waals surface area contributed by atoms with E-state index in [1.54, 1.807) is 13.1 Å². The molecule has 0 bridgehead atoms. The number of aryl methyl sites for hydroxylation is 1. The first-order valence-electron chi connectivity index (χ1n) is 6.40. The second-order valence-electron chi connectivity index (χ2n) is 4.55. The van der Waals surface area contributed by atoms with E-state index in [9.17, 15) is 17.6 Å². The number of nitrogens with one attached hydrogen (secondary N) is 1. The van der Waals surface area contributed by atoms with Gasteiger partial charge in [-0.3, -0.25) is 4.68 Å². The fourth-order valence-corrected chi connectivity index (χ4v) is 2.74. The normalized spacial score (nSPS) is 11.4. The fourth-order valence-electron chi connectivity index (χ4n) is 1.73. The molecule has 2 N–H and O–H groups in total. The average molecular weight is 343 g/mol. The summed E-state index contributed by atoms with van der Waals surface area (Å²) in [5.41, 5.74) is 0.635. The molecule has 0 spiro atoms. The van der Waals surface area contributed by atoms with Gasteiger partial charge in [0.25, 0.3) is 0 Å². The molecule has 0 radical (unpaired) electrons. The number of hydrogen-bond donors (Lipinski definition) is 2. The molecule has 1 aromatic heterocycles. The highest BCUT2D eigenvalue weighted by Crippen LogP contribution is 2.21. The van der Waals surface area contributed by atoms with Crippen LogP contribution < -0.4 is 9.46 Å². The van der Waals surface area contributed by atoms with Crippen LogP contribution in [0.1, 0.15) is 5.69 Å². The molecule has 23 heavy (non-hydrogen) atoms. The Hall–Kier alpha value is -2.46. The molecule has 0 aliphatic heterocycles. The highest BCUT2D eigenvalue weighted by molar-refractivity contribution is 7.89. The standard InChI is InChI=1S/C13H14FN3O5S/c1-17-9(4-5-15-17)7-16-23(20,21)10-2-3-12(11(14)6-10)22-8-13(18)19/h2-6,16H,7-8H2,1H3,(H,18,19). The fraction of sp³-hybridized carbons (Fsp3) is 0.231. The first-order chi connectivity index (χ1) is 10.8. The lowest BCUT2D eigenvalue weighted by atomic mass is 10.3. The topological polar surface area (TPSA) is 111 Å². The number of benzene rings is 1. The zero-order valence-corrected chi connectivity index (χ0v) is 12.9. The zero-order chi connectivity index (χ0) is 17.0. The van der Waals surface area contributed by atoms with Crippen LogP contribution in [0.2, 0.25) is 0 Å². The maximum Gasteiger partial charge on any atom is 0.341 e. The molecule has 0 unspecified atom stereocenters. The molecular formula is C13H14FN3O5S. The molecule has 1 aromatic carbocycles. The molecular weight excluding hydrogens is 329 g/mol. The van der Waals surface area contributed by atoms with Crippen LogP contribution in [-0.2, 0) is 28.4 Å². The lowest BCUT2D eigenvalue weighted by Crippen LogP contribution is -2.24. The highest BCUT2D eigenvalue weighted by atomic mass is 32.2. The summed E-state index contributed by atoms with van der Waals surface area (Å²) < 4.78 is 46.6. The summed E-state index contributed by atoms with van der Waals surface area (Å²) in [6, 6.07) is 4.61. The van der Waals surface area contributed by atoms with E-state index >= 15 is 0 Å². The molecule has 124 valence electrons. The number of nitrogens with zero attached hydrogens (tertiary/aromatic N) is 2. The van der Waals surface area contributed by atoms with E-state index in [1.807, 2.05) is 0 Å². The molecule has 0 saturated heterocycles. The van der Waals surface area contributed by atoms with E-state index in [-0.39, 0.29) is 17.2 Å². The van der Waals surface area contributed by atoms with Crippen molar-refractivity contribution < 1.29 is 27.4 Å². The summed E-state index contributed by atoms with van der Waals surface area (Å²) in [6.07, 6.45) is 1.53. The predicted octanol–water partition coefficient (Wildman–Crippen LogP) is 0.501. The van der Waals surface area contributed by atoms with Crippen LogP contribution >= 0.6 is 0 Å². The number of aliphatic carboxylic acids is 1. The molecule has 0 saturated carbocycles. The number of rotatable bonds is 7. The molecule has 0 fully saturated rings. The van der Waals surface area contributed by atoms with E-state index in [0.717, 1.165) is 18.2 Å². The molecule has 2 aromatic rings. The molecule has 8 nitrogen and oxygen atoms in total. The maximum atomic E-state index is 13.8. The molecule has 1 heterocycles. The van der Waals surface area contributed by atoms with Crippen molar-refractivity contribution in [2.75, 3.05) is 6.61 Å². The minimum atomic E-state index is -3.93. The quantitative estimate of drug-likeness (QED) is 0.757. The minimum Gasteiger partial charge on any atom is -0.479 e. The summed E-state index contributed by atoms with van der Waals surface area (Å²) in [6.45, 7) is -0.723. The lowest BCUT2D eigenvalue weighted by molar-refractivity contribution is -0.139. The van der Waals surface area contributed by atoms with Crippen molar-refractivity contribution in [3.05, 3.63) is 42.0 Å². The molecule has 0 amide bonds. The van der Waals surface area contributed by atoms with Gasteiger partial charge in [-0.15, -0.1) is 0 Å². The predicted molar refractivity (Wildman–Crippen MR) is 76.8 cm³/mol. The monoisotopic (exact) mass is 343 g/mol. The Kier molecular flexibility index (Phi) is 4.96. The second kappa shape index (κ2) is 6.75. The van der Waals surface area contributed by atoms with Crippen LogP contribution in [0.3, 0.4) is 0 Å². The third kappa shape index (κ3) is 4.27. The van der Waals surface area contributed by atoms with Crippen LogP contribution in [-0.4, -0.2) is 35.9 Å². The van der Waals surface area contributed by atoms with E-state index in [1.165, 1.54) is 10.9 Å². The summed E-state index contributed by atoms with van der Waals surface area (Å²) >= 11 is 0. The molecule has 0 aliphatic rings. The minimum absolute atomic E-state index is 0.00226. The summed E-state index contributed by atoms with van der Waals surface area (Å²) in [4.78, 5) is 10.1. The van der Waals surface area contributed by atoms with Gasteiger partial charge in [-0.25, -0.2) is 22.3 Å². The van der Waals surface area contributed by atoms with Gasteiger partial charge in [0.05, 0.1) is 17.1 Å². The van der Waals surface area contributed by atoms with E-state index in [2.05, 4.69) is 9.82 Å². The van der Waals surface area contributed by atoms with Crippen LogP contribution in [0.5, 0.6) is 5.75 Å². The van der Waals surface area contributed by atoms with Crippen molar-refractivity contribution in [3.8, 4) is 5.75 Å². The third-order valence-corrected chi connectivity index (χ3v) is 4.33. The third-order valence-electron chi connectivity index (χ3n) is 2.93. The second-order valence-corrected chi connectivity index (χ2v) is 6.31. The number of hydrogen-bond acceptors (Lipinski definition) is 5. The van der Waals surface area contributed by atoms with E-state index < -0.39 is 28.4 Å². The lowest BCUT2D eigenvalue weighted by Gasteiger charge is -2.09. The van der Waals surface area contributed by atoms with Crippen LogP contribution in [0.4, 0.5) is 4.39 Å². The summed E-state index contributed by atoms with van der Waals surface area (Å²) in [7, 11) is -2.26. The van der Waals surface area contributed by atoms with Gasteiger partial charge in [0.1, 0.15) is 0 Å². The Labute approximate surface area is 131 Å². The van der Waals surface area contributed by atoms with Gasteiger partial charge in [0.15, 0.2) is 18.2 Å². The summed E-state index contributed by atoms with van der Waals surface area (Å²) in [5.74, 6) is -2.56. The zero-order valence-electron chi connectivity index (χ0n) is 12.1. The van der Waals surface area contributed by atoms with Crippen LogP contribution in [0.25, 0.3) is 0 Å². The molecule has 0 atom stereocenters. The number of carboxylic acids is 1. The Balaban J connectivity index is 2.12. The van der Waals surface area contributed by atoms with Crippen molar-refractivity contribution in [1.29, 1.82) is 0 Å². The van der Waals surface area contributed by atoms with Gasteiger partial charge < -0.3 is 9.84 Å². The highest BCUT2D eigenvalue weighted by Gasteiger charge is 2.17. The number of halogens is 1. The number of ether oxygens (including phenoxy) is 1. The first kappa shape index (κ1) is 16.9. The smallest absolute Gasteiger partial charge is 0.341 e. The van der Waals surface area contributed by atoms with Crippen LogP contribution in [0.15, 0.2) is 35.4 Å². The SMILES string of the molecule is Cn1nccc1CNS(=O)(=O)c1ccc(OCC(=O)O)c(F)c1. The average Bonchev–Trinajstić information content (AvgIpc) is 2.89. The number of carbonyl (C=O) groups is 1. The van der Waals surface area contributed by atoms with Crippen molar-refractivity contribution in [2.45, 2.75) is 11.4 Å². The van der Waals surface area contributed by atoms with Gasteiger partial charge in [-0.1, -0.05) is 0 Å². The van der Waals surface area contributed by atoms with Crippen molar-refractivity contribution in [2.24, 2.45) is 7.05 Å². The van der Waals surface area contributed by atoms with Crippen LogP contribution in [0, 0.1) is 5.82 Å². The largest absolute Gasteiger partial charge is 0.479 e. The summed E-state index contributed by atoms with van der Waals surface area (Å²) in [5, 5.41) is 12.4. The van der Waals surface area contributed by atoms with Gasteiger partial charge in [0, 0.05) is 13.2 Å². The number of sulfonamides is 1. The Morgan fingerprint density at radius 2 is 2.17 bits per heavy atom. The van der Waals surface area contributed by atoms with Crippen molar-refractivity contribution in [3.63, 3.8) is 0 Å². The molecule has 2 rings (SSSR count). The van der Waals surface area contributed by atoms with Crippen molar-refractivity contribution in [1.82, 2.24) is 14.5 Å². The Morgan fingerprint density at radius 1 is 1.43 bits per heavy atom. The number of aromatic nitrogens is 2. The van der Waals surface area contributed by atoms with Gasteiger partial charge in [0.2, 0.25) is 10.0 Å². The van der Waals surface area contributed by atoms with E-state index in [0.29, 0.717) is 5.69 Å². The van der Waals surface area contributed by atoms with Gasteiger partial charge in [-0.2, -0.15) is 5.10 Å². The van der Waals surface area contributed by atoms with E-state index in [4.69, 9.17) is 9.84 Å². The van der Waals surface area contributed by atoms with Gasteiger partial charge >= 0.3 is 5.97 Å². The first-order valence-corrected chi connectivity index (χ1v) is 7.88. The number of carboxylic acid groups (broad SMARTS) is 1. The maximum absolute atomic E-state index is 13.8. The molecule has 10 heteroatoms. The Bertz CT molecular complexity index is 819. The van der Waals surface area contributed by atoms with Gasteiger partial charge in [-0.05, 0) is 24.3 Å².